The van der Waals surface area contributed by atoms with Gasteiger partial charge in [-0.05, 0) is 6.42 Å². The third kappa shape index (κ3) is 22.5. The molecular formula is C8H16O3Zr. The minimum atomic E-state index is -0.394. The van der Waals surface area contributed by atoms with E-state index in [2.05, 4.69) is 18.2 Å². The molecular weight excluding hydrogens is 235 g/mol. The van der Waals surface area contributed by atoms with Gasteiger partial charge in [0.25, 0.3) is 0 Å². The number of aliphatic hydroxyl groups is 1. The van der Waals surface area contributed by atoms with E-state index < -0.39 is 5.97 Å². The van der Waals surface area contributed by atoms with Crippen LogP contribution in [0.4, 0.5) is 0 Å². The summed E-state index contributed by atoms with van der Waals surface area (Å²) in [5, 5.41) is 8.07. The summed E-state index contributed by atoms with van der Waals surface area (Å²) < 4.78 is 4.14. The van der Waals surface area contributed by atoms with Crippen LogP contribution < -0.4 is 0 Å². The van der Waals surface area contributed by atoms with Crippen molar-refractivity contribution < 1.29 is 40.8 Å². The van der Waals surface area contributed by atoms with Crippen LogP contribution in [0.3, 0.4) is 0 Å². The first-order valence-corrected chi connectivity index (χ1v) is 3.54. The number of methoxy groups -OCH3 is 1. The predicted octanol–water partition coefficient (Wildman–Crippen LogP) is 1.12. The molecule has 0 bridgehead atoms. The van der Waals surface area contributed by atoms with Gasteiger partial charge in [0.2, 0.25) is 0 Å². The monoisotopic (exact) mass is 250 g/mol. The Morgan fingerprint density at radius 2 is 2.17 bits per heavy atom. The van der Waals surface area contributed by atoms with E-state index >= 15 is 0 Å². The van der Waals surface area contributed by atoms with Crippen molar-refractivity contribution in [2.75, 3.05) is 13.7 Å². The van der Waals surface area contributed by atoms with Crippen LogP contribution in [0.1, 0.15) is 19.8 Å². The van der Waals surface area contributed by atoms with Gasteiger partial charge in [-0.15, -0.1) is 0 Å². The van der Waals surface area contributed by atoms with E-state index in [0.29, 0.717) is 6.61 Å². The molecule has 0 radical (unpaired) electrons. The molecule has 0 saturated carbocycles. The number of ether oxygens (including phenoxy) is 1. The smallest absolute Gasteiger partial charge is 0.329 e. The molecule has 0 unspecified atom stereocenters. The van der Waals surface area contributed by atoms with E-state index in [9.17, 15) is 4.79 Å². The second-order valence-corrected chi connectivity index (χ2v) is 1.80. The molecule has 0 aromatic heterocycles. The molecule has 0 rings (SSSR count). The number of hydrogen-bond donors (Lipinski definition) is 1. The number of carbonyl (C=O) groups excluding carboxylic acids is 1. The first-order valence-electron chi connectivity index (χ1n) is 3.54. The van der Waals surface area contributed by atoms with Crippen molar-refractivity contribution in [1.82, 2.24) is 0 Å². The standard InChI is InChI=1S/C4H6O2.C4H10O.Zr/c1-3-4(5)6-2;1-2-3-4-5;/h3H,1H2,2H3;5H,2-4H2,1H3;. The van der Waals surface area contributed by atoms with Crippen molar-refractivity contribution >= 4 is 5.97 Å². The van der Waals surface area contributed by atoms with Crippen molar-refractivity contribution in [2.24, 2.45) is 0 Å². The minimum absolute atomic E-state index is 0. The van der Waals surface area contributed by atoms with Crippen molar-refractivity contribution in [3.8, 4) is 0 Å². The molecule has 70 valence electrons. The van der Waals surface area contributed by atoms with Crippen LogP contribution in [0.5, 0.6) is 0 Å². The minimum Gasteiger partial charge on any atom is -0.466 e. The molecule has 0 fully saturated rings. The van der Waals surface area contributed by atoms with Gasteiger partial charge in [0.1, 0.15) is 0 Å². The fraction of sp³-hybridized carbons (Fsp3) is 0.625. The van der Waals surface area contributed by atoms with Crippen LogP contribution in [-0.4, -0.2) is 24.8 Å². The van der Waals surface area contributed by atoms with Gasteiger partial charge in [-0.3, -0.25) is 0 Å². The number of carbonyl (C=O) groups is 1. The zero-order valence-corrected chi connectivity index (χ0v) is 10.1. The largest absolute Gasteiger partial charge is 0.466 e. The quantitative estimate of drug-likeness (QED) is 0.604. The van der Waals surface area contributed by atoms with E-state index in [-0.39, 0.29) is 26.2 Å². The van der Waals surface area contributed by atoms with Gasteiger partial charge in [-0.25, -0.2) is 4.79 Å². The normalized spacial score (nSPS) is 6.92. The molecule has 0 saturated heterocycles. The molecule has 12 heavy (non-hydrogen) atoms. The molecule has 0 aliphatic carbocycles. The Hall–Kier alpha value is 0.0531. The predicted molar refractivity (Wildman–Crippen MR) is 44.2 cm³/mol. The Bertz CT molecular complexity index is 102. The van der Waals surface area contributed by atoms with Crippen LogP contribution >= 0.6 is 0 Å². The van der Waals surface area contributed by atoms with Crippen LogP contribution in [-0.2, 0) is 35.7 Å². The molecule has 0 aromatic rings. The Kier molecular flexibility index (Phi) is 25.8. The first kappa shape index (κ1) is 18.0. The van der Waals surface area contributed by atoms with Gasteiger partial charge in [0.05, 0.1) is 7.11 Å². The molecule has 0 aliphatic rings. The SMILES string of the molecule is C=CC(=O)OC.CCCCO.[Zr]. The van der Waals surface area contributed by atoms with E-state index in [1.807, 2.05) is 0 Å². The summed E-state index contributed by atoms with van der Waals surface area (Å²) in [6.45, 7) is 5.55. The Morgan fingerprint density at radius 3 is 2.17 bits per heavy atom. The third-order valence-corrected chi connectivity index (χ3v) is 0.880. The number of aliphatic hydroxyl groups excluding tert-OH is 1. The van der Waals surface area contributed by atoms with Gasteiger partial charge in [-0.2, -0.15) is 0 Å². The zero-order chi connectivity index (χ0) is 9.11. The van der Waals surface area contributed by atoms with Crippen molar-refractivity contribution in [3.05, 3.63) is 12.7 Å². The molecule has 3 nitrogen and oxygen atoms in total. The van der Waals surface area contributed by atoms with E-state index in [1.54, 1.807) is 0 Å². The van der Waals surface area contributed by atoms with Gasteiger partial charge in [0, 0.05) is 38.9 Å². The molecule has 0 atom stereocenters. The van der Waals surface area contributed by atoms with Crippen molar-refractivity contribution in [1.29, 1.82) is 0 Å². The van der Waals surface area contributed by atoms with E-state index in [1.165, 1.54) is 7.11 Å². The maximum Gasteiger partial charge on any atom is 0.329 e. The Balaban J connectivity index is -0.000000126. The molecule has 0 spiro atoms. The molecule has 0 aliphatic heterocycles. The van der Waals surface area contributed by atoms with Crippen LogP contribution in [0.2, 0.25) is 0 Å². The van der Waals surface area contributed by atoms with Crippen LogP contribution in [0.15, 0.2) is 12.7 Å². The molecule has 4 heteroatoms. The number of esters is 1. The third-order valence-electron chi connectivity index (χ3n) is 0.880. The maximum atomic E-state index is 9.84. The van der Waals surface area contributed by atoms with E-state index in [4.69, 9.17) is 5.11 Å². The van der Waals surface area contributed by atoms with E-state index in [0.717, 1.165) is 18.9 Å². The average Bonchev–Trinajstić information content (AvgIpc) is 2.06. The second kappa shape index (κ2) is 17.2. The summed E-state index contributed by atoms with van der Waals surface area (Å²) in [5.74, 6) is -0.394. The molecule has 0 heterocycles. The summed E-state index contributed by atoms with van der Waals surface area (Å²) in [7, 11) is 1.31. The van der Waals surface area contributed by atoms with Crippen LogP contribution in [0, 0.1) is 0 Å². The summed E-state index contributed by atoms with van der Waals surface area (Å²) >= 11 is 0. The van der Waals surface area contributed by atoms with Gasteiger partial charge in [-0.1, -0.05) is 19.9 Å². The topological polar surface area (TPSA) is 46.5 Å². The molecule has 0 amide bonds. The van der Waals surface area contributed by atoms with Gasteiger partial charge >= 0.3 is 5.97 Å². The fourth-order valence-corrected chi connectivity index (χ4v) is 0.241. The number of rotatable bonds is 3. The van der Waals surface area contributed by atoms with Crippen molar-refractivity contribution in [2.45, 2.75) is 19.8 Å². The molecule has 1 N–H and O–H groups in total. The average molecular weight is 251 g/mol. The second-order valence-electron chi connectivity index (χ2n) is 1.80. The van der Waals surface area contributed by atoms with Crippen LogP contribution in [0.25, 0.3) is 0 Å². The zero-order valence-electron chi connectivity index (χ0n) is 7.67. The molecule has 0 aromatic carbocycles. The summed E-state index contributed by atoms with van der Waals surface area (Å²) in [5.41, 5.74) is 0. The number of hydrogen-bond acceptors (Lipinski definition) is 3. The Labute approximate surface area is 92.9 Å². The van der Waals surface area contributed by atoms with Gasteiger partial charge < -0.3 is 9.84 Å². The fourth-order valence-electron chi connectivity index (χ4n) is 0.241. The van der Waals surface area contributed by atoms with Crippen molar-refractivity contribution in [3.63, 3.8) is 0 Å². The Morgan fingerprint density at radius 1 is 1.67 bits per heavy atom. The first-order chi connectivity index (χ1) is 5.22. The number of unbranched alkanes of at least 4 members (excludes halogenated alkanes) is 1. The summed E-state index contributed by atoms with van der Waals surface area (Å²) in [6, 6.07) is 0. The van der Waals surface area contributed by atoms with Gasteiger partial charge in [0.15, 0.2) is 0 Å². The summed E-state index contributed by atoms with van der Waals surface area (Å²) in [4.78, 5) is 9.84. The summed E-state index contributed by atoms with van der Waals surface area (Å²) in [6.07, 6.45) is 3.15. The maximum absolute atomic E-state index is 9.84.